The average Bonchev–Trinajstić information content (AvgIpc) is 3.58. The molecule has 0 saturated heterocycles. The van der Waals surface area contributed by atoms with Crippen LogP contribution in [-0.4, -0.2) is 5.75 Å². The van der Waals surface area contributed by atoms with E-state index in [0.29, 0.717) is 0 Å². The molecule has 1 atom stereocenters. The Bertz CT molecular complexity index is 1140. The van der Waals surface area contributed by atoms with Crippen molar-refractivity contribution in [2.45, 2.75) is 76.0 Å². The van der Waals surface area contributed by atoms with Gasteiger partial charge in [0, 0.05) is 32.8 Å². The van der Waals surface area contributed by atoms with Crippen molar-refractivity contribution < 1.29 is 0 Å². The summed E-state index contributed by atoms with van der Waals surface area (Å²) < 4.78 is 0. The van der Waals surface area contributed by atoms with Gasteiger partial charge in [-0.05, 0) is 89.4 Å². The Kier molecular flexibility index (Phi) is 5.40. The zero-order chi connectivity index (χ0) is 22.5. The van der Waals surface area contributed by atoms with E-state index >= 15 is 0 Å². The van der Waals surface area contributed by atoms with Gasteiger partial charge < -0.3 is 4.90 Å². The van der Waals surface area contributed by atoms with Crippen molar-refractivity contribution in [3.05, 3.63) is 82.9 Å². The molecule has 0 aromatic heterocycles. The van der Waals surface area contributed by atoms with Gasteiger partial charge in [0.2, 0.25) is 0 Å². The Labute approximate surface area is 198 Å². The van der Waals surface area contributed by atoms with Crippen LogP contribution in [0.15, 0.2) is 65.6 Å². The number of rotatable bonds is 9. The Morgan fingerprint density at radius 2 is 1.31 bits per heavy atom. The van der Waals surface area contributed by atoms with Crippen LogP contribution < -0.4 is 4.90 Å². The second-order valence-corrected chi connectivity index (χ2v) is 11.4. The molecule has 32 heavy (non-hydrogen) atoms. The first-order valence-electron chi connectivity index (χ1n) is 12.2. The number of unbranched alkanes of at least 4 members (excludes halogenated alkanes) is 1. The van der Waals surface area contributed by atoms with Crippen LogP contribution in [0.25, 0.3) is 0 Å². The molecule has 1 unspecified atom stereocenters. The smallest absolute Gasteiger partial charge is 0.0464 e. The predicted octanol–water partition coefficient (Wildman–Crippen LogP) is 9.11. The summed E-state index contributed by atoms with van der Waals surface area (Å²) in [6.45, 7) is 11.6. The normalized spacial score (nSPS) is 19.3. The van der Waals surface area contributed by atoms with Crippen LogP contribution in [0.1, 0.15) is 82.6 Å². The van der Waals surface area contributed by atoms with E-state index in [1.165, 1.54) is 75.6 Å². The van der Waals surface area contributed by atoms with Crippen LogP contribution in [0.4, 0.5) is 17.1 Å². The molecule has 0 N–H and O–H groups in total. The minimum atomic E-state index is 0.229. The van der Waals surface area contributed by atoms with Gasteiger partial charge in [-0.2, -0.15) is 0 Å². The van der Waals surface area contributed by atoms with Gasteiger partial charge in [0.25, 0.3) is 0 Å². The number of fused-ring (bicyclic) bond motifs is 2. The van der Waals surface area contributed by atoms with E-state index in [1.54, 1.807) is 0 Å². The van der Waals surface area contributed by atoms with Crippen LogP contribution >= 0.6 is 11.8 Å². The second kappa shape index (κ2) is 7.99. The molecular formula is C30H35NS. The van der Waals surface area contributed by atoms with Crippen molar-refractivity contribution >= 4 is 28.8 Å². The molecular weight excluding hydrogens is 406 g/mol. The fourth-order valence-corrected chi connectivity index (χ4v) is 6.31. The third-order valence-electron chi connectivity index (χ3n) is 7.54. The van der Waals surface area contributed by atoms with Crippen LogP contribution in [0.2, 0.25) is 0 Å². The molecule has 3 aromatic rings. The number of hydrogen-bond acceptors (Lipinski definition) is 2. The van der Waals surface area contributed by atoms with Crippen LogP contribution in [-0.2, 0) is 10.8 Å². The molecule has 0 bridgehead atoms. The molecule has 3 aromatic carbocycles. The van der Waals surface area contributed by atoms with Gasteiger partial charge in [0.05, 0.1) is 0 Å². The van der Waals surface area contributed by atoms with E-state index in [4.69, 9.17) is 0 Å². The van der Waals surface area contributed by atoms with Crippen LogP contribution in [0.3, 0.4) is 0 Å². The highest BCUT2D eigenvalue weighted by Crippen LogP contribution is 2.55. The summed E-state index contributed by atoms with van der Waals surface area (Å²) in [6, 6.07) is 23.3. The Morgan fingerprint density at radius 3 is 1.94 bits per heavy atom. The maximum atomic E-state index is 2.44. The topological polar surface area (TPSA) is 3.24 Å². The molecule has 0 amide bonds. The molecule has 166 valence electrons. The highest BCUT2D eigenvalue weighted by atomic mass is 32.2. The van der Waals surface area contributed by atoms with Gasteiger partial charge in [0.1, 0.15) is 0 Å². The van der Waals surface area contributed by atoms with E-state index in [1.807, 2.05) is 11.8 Å². The lowest BCUT2D eigenvalue weighted by molar-refractivity contribution is 0.610. The number of anilines is 3. The van der Waals surface area contributed by atoms with Crippen molar-refractivity contribution in [2.75, 3.05) is 10.7 Å². The van der Waals surface area contributed by atoms with Crippen LogP contribution in [0, 0.1) is 0 Å². The summed E-state index contributed by atoms with van der Waals surface area (Å²) in [6.07, 6.45) is 4.99. The number of nitrogens with zero attached hydrogens (tertiary/aromatic N) is 1. The molecule has 5 rings (SSSR count). The summed E-state index contributed by atoms with van der Waals surface area (Å²) in [5, 5.41) is 0. The molecule has 0 saturated carbocycles. The lowest BCUT2D eigenvalue weighted by atomic mass is 9.98. The molecule has 2 aliphatic rings. The molecule has 1 nitrogen and oxygen atoms in total. The average molecular weight is 442 g/mol. The number of hydrogen-bond donors (Lipinski definition) is 0. The van der Waals surface area contributed by atoms with Crippen molar-refractivity contribution in [3.63, 3.8) is 0 Å². The van der Waals surface area contributed by atoms with Crippen molar-refractivity contribution in [1.82, 2.24) is 0 Å². The van der Waals surface area contributed by atoms with Crippen molar-refractivity contribution in [2.24, 2.45) is 0 Å². The zero-order valence-electron chi connectivity index (χ0n) is 20.2. The number of thioether (sulfide) groups is 1. The van der Waals surface area contributed by atoms with E-state index in [-0.39, 0.29) is 10.8 Å². The molecule has 0 radical (unpaired) electrons. The van der Waals surface area contributed by atoms with Gasteiger partial charge in [-0.15, -0.1) is 11.8 Å². The predicted molar refractivity (Wildman–Crippen MR) is 140 cm³/mol. The third-order valence-corrected chi connectivity index (χ3v) is 8.64. The fraction of sp³-hybridized carbons (Fsp3) is 0.400. The van der Waals surface area contributed by atoms with Gasteiger partial charge >= 0.3 is 0 Å². The Hall–Kier alpha value is -2.19. The SMILES string of the molecule is CCCCSc1ccc(N(c2ccc3c(c2)C3(C)C)c2ccc3c(c2)C3(C)CCC)cc1. The fourth-order valence-electron chi connectivity index (χ4n) is 5.31. The van der Waals surface area contributed by atoms with E-state index in [2.05, 4.69) is 100 Å². The first-order chi connectivity index (χ1) is 15.4. The Morgan fingerprint density at radius 1 is 0.688 bits per heavy atom. The summed E-state index contributed by atoms with van der Waals surface area (Å²) >= 11 is 1.97. The maximum absolute atomic E-state index is 2.44. The van der Waals surface area contributed by atoms with E-state index in [0.717, 1.165) is 0 Å². The summed E-state index contributed by atoms with van der Waals surface area (Å²) in [5.41, 5.74) is 10.3. The standard InChI is InChI=1S/C30H35NS/c1-6-8-18-32-24-13-9-21(10-14-24)31(22-11-15-25-27(19-22)29(25,3)4)23-12-16-26-28(20-23)30(26,5)17-7-2/h9-16,19-20H,6-8,17-18H2,1-5H3. The first-order valence-corrected chi connectivity index (χ1v) is 13.2. The molecule has 0 heterocycles. The van der Waals surface area contributed by atoms with E-state index < -0.39 is 0 Å². The van der Waals surface area contributed by atoms with Crippen molar-refractivity contribution in [1.29, 1.82) is 0 Å². The molecule has 0 fully saturated rings. The highest BCUT2D eigenvalue weighted by molar-refractivity contribution is 7.99. The van der Waals surface area contributed by atoms with Gasteiger partial charge in [0.15, 0.2) is 0 Å². The van der Waals surface area contributed by atoms with Crippen LogP contribution in [0.5, 0.6) is 0 Å². The number of benzene rings is 3. The minimum Gasteiger partial charge on any atom is -0.310 e. The highest BCUT2D eigenvalue weighted by Gasteiger charge is 2.45. The third kappa shape index (κ3) is 3.57. The van der Waals surface area contributed by atoms with Crippen molar-refractivity contribution in [3.8, 4) is 0 Å². The second-order valence-electron chi connectivity index (χ2n) is 10.2. The monoisotopic (exact) mass is 441 g/mol. The first kappa shape index (κ1) is 21.6. The Balaban J connectivity index is 1.50. The zero-order valence-corrected chi connectivity index (χ0v) is 21.0. The lowest BCUT2D eigenvalue weighted by Crippen LogP contribution is -2.09. The quantitative estimate of drug-likeness (QED) is 0.240. The molecule has 2 heteroatoms. The van der Waals surface area contributed by atoms with Gasteiger partial charge in [-0.25, -0.2) is 0 Å². The maximum Gasteiger partial charge on any atom is 0.0464 e. The van der Waals surface area contributed by atoms with Gasteiger partial charge in [-0.1, -0.05) is 59.6 Å². The van der Waals surface area contributed by atoms with Gasteiger partial charge in [-0.3, -0.25) is 0 Å². The molecule has 0 spiro atoms. The summed E-state index contributed by atoms with van der Waals surface area (Å²) in [7, 11) is 0. The molecule has 0 aliphatic heterocycles. The minimum absolute atomic E-state index is 0.229. The van der Waals surface area contributed by atoms with E-state index in [9.17, 15) is 0 Å². The molecule has 2 aliphatic carbocycles. The summed E-state index contributed by atoms with van der Waals surface area (Å²) in [4.78, 5) is 3.81. The largest absolute Gasteiger partial charge is 0.310 e. The lowest BCUT2D eigenvalue weighted by Gasteiger charge is -2.25. The summed E-state index contributed by atoms with van der Waals surface area (Å²) in [5.74, 6) is 1.19.